The summed E-state index contributed by atoms with van der Waals surface area (Å²) < 4.78 is 0. The van der Waals surface area contributed by atoms with Gasteiger partial charge in [0.05, 0.1) is 0 Å². The summed E-state index contributed by atoms with van der Waals surface area (Å²) in [6.07, 6.45) is 3.65. The van der Waals surface area contributed by atoms with E-state index in [2.05, 4.69) is 66.0 Å². The van der Waals surface area contributed by atoms with E-state index in [1.807, 2.05) is 0 Å². The highest BCUT2D eigenvalue weighted by Crippen LogP contribution is 2.28. The molecule has 0 unspecified atom stereocenters. The number of rotatable bonds is 3. The molecule has 1 fully saturated rings. The minimum Gasteiger partial charge on any atom is -0.314 e. The van der Waals surface area contributed by atoms with Crippen molar-refractivity contribution in [1.82, 2.24) is 5.32 Å². The Hall–Kier alpha value is -1.60. The highest BCUT2D eigenvalue weighted by Gasteiger charge is 2.22. The van der Waals surface area contributed by atoms with Crippen molar-refractivity contribution in [3.8, 4) is 0 Å². The number of hydrogen-bond acceptors (Lipinski definition) is 1. The maximum absolute atomic E-state index is 3.67. The quantitative estimate of drug-likeness (QED) is 0.875. The lowest BCUT2D eigenvalue weighted by molar-refractivity contribution is 0.360. The SMILES string of the molecule is c1ccc(C[C@H]2C[C@@H](c3ccccc3)CCN2)cc1. The molecule has 0 radical (unpaired) electrons. The monoisotopic (exact) mass is 251 g/mol. The summed E-state index contributed by atoms with van der Waals surface area (Å²) in [5, 5.41) is 3.67. The lowest BCUT2D eigenvalue weighted by Gasteiger charge is -2.31. The molecule has 0 aliphatic carbocycles. The minimum atomic E-state index is 0.612. The van der Waals surface area contributed by atoms with Crippen LogP contribution in [-0.2, 0) is 6.42 Å². The number of piperidine rings is 1. The third-order valence-corrected chi connectivity index (χ3v) is 4.09. The van der Waals surface area contributed by atoms with Crippen molar-refractivity contribution in [2.24, 2.45) is 0 Å². The highest BCUT2D eigenvalue weighted by molar-refractivity contribution is 5.21. The molecule has 1 saturated heterocycles. The predicted molar refractivity (Wildman–Crippen MR) is 80.4 cm³/mol. The van der Waals surface area contributed by atoms with E-state index in [1.165, 1.54) is 24.0 Å². The van der Waals surface area contributed by atoms with Crippen molar-refractivity contribution < 1.29 is 0 Å². The van der Waals surface area contributed by atoms with Crippen molar-refractivity contribution >= 4 is 0 Å². The summed E-state index contributed by atoms with van der Waals surface area (Å²) in [7, 11) is 0. The molecule has 19 heavy (non-hydrogen) atoms. The highest BCUT2D eigenvalue weighted by atomic mass is 14.9. The third-order valence-electron chi connectivity index (χ3n) is 4.09. The molecule has 1 N–H and O–H groups in total. The zero-order chi connectivity index (χ0) is 12.9. The van der Waals surface area contributed by atoms with E-state index in [-0.39, 0.29) is 0 Å². The van der Waals surface area contributed by atoms with E-state index >= 15 is 0 Å². The molecule has 2 aromatic rings. The van der Waals surface area contributed by atoms with Crippen LogP contribution in [0.2, 0.25) is 0 Å². The zero-order valence-corrected chi connectivity index (χ0v) is 11.3. The third kappa shape index (κ3) is 3.24. The molecule has 0 amide bonds. The van der Waals surface area contributed by atoms with E-state index < -0.39 is 0 Å². The molecular weight excluding hydrogens is 230 g/mol. The van der Waals surface area contributed by atoms with Gasteiger partial charge in [0.25, 0.3) is 0 Å². The van der Waals surface area contributed by atoms with Gasteiger partial charge in [0.2, 0.25) is 0 Å². The topological polar surface area (TPSA) is 12.0 Å². The lowest BCUT2D eigenvalue weighted by atomic mass is 9.84. The van der Waals surface area contributed by atoms with Gasteiger partial charge < -0.3 is 5.32 Å². The summed E-state index contributed by atoms with van der Waals surface area (Å²) in [5.41, 5.74) is 2.94. The first kappa shape index (κ1) is 12.4. The fourth-order valence-electron chi connectivity index (χ4n) is 3.09. The van der Waals surface area contributed by atoms with Crippen molar-refractivity contribution in [3.05, 3.63) is 71.8 Å². The van der Waals surface area contributed by atoms with Gasteiger partial charge in [-0.15, -0.1) is 0 Å². The van der Waals surface area contributed by atoms with Crippen molar-refractivity contribution in [2.75, 3.05) is 6.54 Å². The van der Waals surface area contributed by atoms with Crippen molar-refractivity contribution in [1.29, 1.82) is 0 Å². The van der Waals surface area contributed by atoms with Gasteiger partial charge in [-0.05, 0) is 42.9 Å². The van der Waals surface area contributed by atoms with Gasteiger partial charge in [-0.25, -0.2) is 0 Å². The van der Waals surface area contributed by atoms with Gasteiger partial charge in [0, 0.05) is 6.04 Å². The maximum Gasteiger partial charge on any atom is 0.0113 e. The molecule has 2 aromatic carbocycles. The van der Waals surface area contributed by atoms with Gasteiger partial charge in [0.1, 0.15) is 0 Å². The second-order valence-corrected chi connectivity index (χ2v) is 5.47. The molecule has 2 atom stereocenters. The Bertz CT molecular complexity index is 492. The van der Waals surface area contributed by atoms with Crippen LogP contribution in [0.3, 0.4) is 0 Å². The van der Waals surface area contributed by atoms with Gasteiger partial charge in [0.15, 0.2) is 0 Å². The maximum atomic E-state index is 3.67. The molecule has 0 spiro atoms. The average Bonchev–Trinajstić information content (AvgIpc) is 2.49. The molecule has 1 heteroatoms. The largest absolute Gasteiger partial charge is 0.314 e. The fraction of sp³-hybridized carbons (Fsp3) is 0.333. The van der Waals surface area contributed by atoms with E-state index in [0.717, 1.165) is 18.9 Å². The molecule has 0 aromatic heterocycles. The molecule has 1 nitrogen and oxygen atoms in total. The van der Waals surface area contributed by atoms with E-state index in [0.29, 0.717) is 6.04 Å². The van der Waals surface area contributed by atoms with E-state index in [1.54, 1.807) is 0 Å². The van der Waals surface area contributed by atoms with Crippen LogP contribution < -0.4 is 5.32 Å². The first-order chi connectivity index (χ1) is 9.42. The Morgan fingerprint density at radius 2 is 1.58 bits per heavy atom. The van der Waals surface area contributed by atoms with Crippen LogP contribution in [0.25, 0.3) is 0 Å². The number of hydrogen-bond donors (Lipinski definition) is 1. The molecule has 1 aliphatic heterocycles. The van der Waals surface area contributed by atoms with Crippen LogP contribution in [-0.4, -0.2) is 12.6 Å². The van der Waals surface area contributed by atoms with E-state index in [9.17, 15) is 0 Å². The van der Waals surface area contributed by atoms with Gasteiger partial charge in [-0.1, -0.05) is 60.7 Å². The second kappa shape index (κ2) is 6.03. The number of nitrogens with one attached hydrogen (secondary N) is 1. The normalized spacial score (nSPS) is 23.2. The predicted octanol–water partition coefficient (Wildman–Crippen LogP) is 3.76. The Kier molecular flexibility index (Phi) is 3.95. The van der Waals surface area contributed by atoms with Crippen LogP contribution in [0.15, 0.2) is 60.7 Å². The Morgan fingerprint density at radius 3 is 2.32 bits per heavy atom. The lowest BCUT2D eigenvalue weighted by Crippen LogP contribution is -2.38. The van der Waals surface area contributed by atoms with Crippen LogP contribution >= 0.6 is 0 Å². The molecule has 98 valence electrons. The summed E-state index contributed by atoms with van der Waals surface area (Å²) in [6, 6.07) is 22.4. The summed E-state index contributed by atoms with van der Waals surface area (Å²) in [6.45, 7) is 1.14. The van der Waals surface area contributed by atoms with Crippen LogP contribution in [0, 0.1) is 0 Å². The van der Waals surface area contributed by atoms with Crippen LogP contribution in [0.4, 0.5) is 0 Å². The first-order valence-corrected chi connectivity index (χ1v) is 7.24. The van der Waals surface area contributed by atoms with Gasteiger partial charge >= 0.3 is 0 Å². The second-order valence-electron chi connectivity index (χ2n) is 5.47. The van der Waals surface area contributed by atoms with Crippen molar-refractivity contribution in [3.63, 3.8) is 0 Å². The Balaban J connectivity index is 1.65. The molecule has 0 bridgehead atoms. The fourth-order valence-corrected chi connectivity index (χ4v) is 3.09. The molecule has 1 heterocycles. The molecule has 3 rings (SSSR count). The Labute approximate surface area is 115 Å². The summed E-state index contributed by atoms with van der Waals surface area (Å²) >= 11 is 0. The summed E-state index contributed by atoms with van der Waals surface area (Å²) in [4.78, 5) is 0. The van der Waals surface area contributed by atoms with Crippen LogP contribution in [0.1, 0.15) is 29.9 Å². The standard InChI is InChI=1S/C18H21N/c1-3-7-15(8-4-1)13-18-14-17(11-12-19-18)16-9-5-2-6-10-16/h1-10,17-19H,11-14H2/t17-,18-/m0/s1. The molecule has 1 aliphatic rings. The summed E-state index contributed by atoms with van der Waals surface area (Å²) in [5.74, 6) is 0.719. The smallest absolute Gasteiger partial charge is 0.0113 e. The number of benzene rings is 2. The van der Waals surface area contributed by atoms with Crippen molar-refractivity contribution in [2.45, 2.75) is 31.2 Å². The average molecular weight is 251 g/mol. The zero-order valence-electron chi connectivity index (χ0n) is 11.3. The van der Waals surface area contributed by atoms with Gasteiger partial charge in [-0.2, -0.15) is 0 Å². The Morgan fingerprint density at radius 1 is 0.895 bits per heavy atom. The van der Waals surface area contributed by atoms with Crippen LogP contribution in [0.5, 0.6) is 0 Å². The van der Waals surface area contributed by atoms with E-state index in [4.69, 9.17) is 0 Å². The molecular formula is C18H21N. The van der Waals surface area contributed by atoms with Gasteiger partial charge in [-0.3, -0.25) is 0 Å². The first-order valence-electron chi connectivity index (χ1n) is 7.24. The molecule has 0 saturated carbocycles. The minimum absolute atomic E-state index is 0.612.